The van der Waals surface area contributed by atoms with E-state index < -0.39 is 0 Å². The number of halogens is 1. The molecule has 2 aromatic rings. The first-order valence-corrected chi connectivity index (χ1v) is 10.6. The van der Waals surface area contributed by atoms with E-state index >= 15 is 0 Å². The number of carbonyl (C=O) groups excluding carboxylic acids is 1. The topological polar surface area (TPSA) is 54.4 Å². The van der Waals surface area contributed by atoms with Gasteiger partial charge in [-0.1, -0.05) is 0 Å². The molecule has 0 aliphatic heterocycles. The van der Waals surface area contributed by atoms with Crippen molar-refractivity contribution >= 4 is 23.0 Å². The third-order valence-corrected chi connectivity index (χ3v) is 7.21. The van der Waals surface area contributed by atoms with Crippen molar-refractivity contribution in [3.8, 4) is 10.6 Å². The molecular formula is C21H22FN3OS. The normalized spacial score (nSPS) is 28.4. The number of carbonyl (C=O) groups is 1. The Bertz CT molecular complexity index is 859. The number of nitrogens with zero attached hydrogens (tertiary/aromatic N) is 2. The minimum atomic E-state index is -0.265. The zero-order chi connectivity index (χ0) is 18.4. The first-order chi connectivity index (χ1) is 13.1. The van der Waals surface area contributed by atoms with Crippen molar-refractivity contribution in [1.29, 1.82) is 0 Å². The summed E-state index contributed by atoms with van der Waals surface area (Å²) in [5.41, 5.74) is 5.60. The van der Waals surface area contributed by atoms with Gasteiger partial charge in [0.25, 0.3) is 0 Å². The second-order valence-corrected chi connectivity index (χ2v) is 9.06. The fourth-order valence-corrected chi connectivity index (χ4v) is 6.12. The maximum atomic E-state index is 13.0. The highest BCUT2D eigenvalue weighted by Gasteiger charge is 2.46. The van der Waals surface area contributed by atoms with Crippen LogP contribution in [-0.2, 0) is 11.2 Å². The van der Waals surface area contributed by atoms with Crippen LogP contribution >= 0.6 is 11.3 Å². The van der Waals surface area contributed by atoms with Gasteiger partial charge in [0.15, 0.2) is 0 Å². The van der Waals surface area contributed by atoms with Crippen LogP contribution in [0, 0.1) is 29.5 Å². The van der Waals surface area contributed by atoms with E-state index in [9.17, 15) is 9.18 Å². The van der Waals surface area contributed by atoms with E-state index in [0.717, 1.165) is 28.1 Å². The van der Waals surface area contributed by atoms with Gasteiger partial charge >= 0.3 is 0 Å². The number of nitrogens with one attached hydrogen (secondary N) is 1. The summed E-state index contributed by atoms with van der Waals surface area (Å²) in [6.07, 6.45) is 6.66. The largest absolute Gasteiger partial charge is 0.273 e. The molecular weight excluding hydrogens is 361 g/mol. The van der Waals surface area contributed by atoms with Crippen LogP contribution in [0.3, 0.4) is 0 Å². The Hall–Kier alpha value is -2.08. The average molecular weight is 383 g/mol. The van der Waals surface area contributed by atoms with Crippen molar-refractivity contribution in [3.63, 3.8) is 0 Å². The Morgan fingerprint density at radius 1 is 1.11 bits per heavy atom. The van der Waals surface area contributed by atoms with E-state index in [4.69, 9.17) is 0 Å². The molecule has 4 aliphatic carbocycles. The molecule has 0 saturated heterocycles. The monoisotopic (exact) mass is 383 g/mol. The molecule has 1 heterocycles. The lowest BCUT2D eigenvalue weighted by Gasteiger charge is -2.50. The minimum Gasteiger partial charge on any atom is -0.273 e. The van der Waals surface area contributed by atoms with E-state index in [-0.39, 0.29) is 18.1 Å². The van der Waals surface area contributed by atoms with Crippen LogP contribution in [0.25, 0.3) is 10.6 Å². The van der Waals surface area contributed by atoms with E-state index in [1.165, 1.54) is 61.3 Å². The number of benzene rings is 1. The number of aromatic nitrogens is 1. The SMILES string of the molecule is O=C(Cc1csc(-c2ccc(F)cc2)n1)NN=C1C2CC3CC(C2)CC1C3. The molecule has 4 nitrogen and oxygen atoms in total. The maximum absolute atomic E-state index is 13.0. The van der Waals surface area contributed by atoms with Crippen molar-refractivity contribution in [2.24, 2.45) is 28.8 Å². The molecule has 27 heavy (non-hydrogen) atoms. The second-order valence-electron chi connectivity index (χ2n) is 8.20. The number of amides is 1. The van der Waals surface area contributed by atoms with Gasteiger partial charge in [0.1, 0.15) is 10.8 Å². The highest BCUT2D eigenvalue weighted by Crippen LogP contribution is 2.52. The molecule has 0 unspecified atom stereocenters. The molecule has 1 N–H and O–H groups in total. The molecule has 4 saturated carbocycles. The van der Waals surface area contributed by atoms with Crippen LogP contribution in [0.1, 0.15) is 37.8 Å². The van der Waals surface area contributed by atoms with Gasteiger partial charge in [-0.15, -0.1) is 11.3 Å². The van der Waals surface area contributed by atoms with Crippen molar-refractivity contribution < 1.29 is 9.18 Å². The van der Waals surface area contributed by atoms with Gasteiger partial charge in [0.05, 0.1) is 12.1 Å². The molecule has 6 heteroatoms. The van der Waals surface area contributed by atoms with Gasteiger partial charge in [0.2, 0.25) is 5.91 Å². The number of rotatable bonds is 4. The van der Waals surface area contributed by atoms with Crippen LogP contribution in [0.4, 0.5) is 4.39 Å². The van der Waals surface area contributed by atoms with E-state index in [0.29, 0.717) is 11.8 Å². The minimum absolute atomic E-state index is 0.118. The number of hydrogen-bond acceptors (Lipinski definition) is 4. The molecule has 6 rings (SSSR count). The van der Waals surface area contributed by atoms with Crippen molar-refractivity contribution in [1.82, 2.24) is 10.4 Å². The van der Waals surface area contributed by atoms with Crippen LogP contribution in [0.15, 0.2) is 34.7 Å². The van der Waals surface area contributed by atoms with Crippen LogP contribution in [0.2, 0.25) is 0 Å². The maximum Gasteiger partial charge on any atom is 0.246 e. The lowest BCUT2D eigenvalue weighted by atomic mass is 9.55. The molecule has 1 amide bonds. The predicted octanol–water partition coefficient (Wildman–Crippen LogP) is 4.42. The third-order valence-electron chi connectivity index (χ3n) is 6.27. The Labute approximate surface area is 161 Å². The Kier molecular flexibility index (Phi) is 4.31. The van der Waals surface area contributed by atoms with E-state index in [2.05, 4.69) is 15.5 Å². The Balaban J connectivity index is 1.22. The fraction of sp³-hybridized carbons (Fsp3) is 0.476. The summed E-state index contributed by atoms with van der Waals surface area (Å²) in [5.74, 6) is 2.58. The molecule has 0 spiro atoms. The highest BCUT2D eigenvalue weighted by atomic mass is 32.1. The summed E-state index contributed by atoms with van der Waals surface area (Å²) in [7, 11) is 0. The molecule has 0 radical (unpaired) electrons. The van der Waals surface area contributed by atoms with Gasteiger partial charge in [0, 0.05) is 16.7 Å². The predicted molar refractivity (Wildman–Crippen MR) is 104 cm³/mol. The van der Waals surface area contributed by atoms with E-state index in [1.807, 2.05) is 5.38 Å². The number of thiazole rings is 1. The van der Waals surface area contributed by atoms with Gasteiger partial charge < -0.3 is 0 Å². The molecule has 4 bridgehead atoms. The van der Waals surface area contributed by atoms with Gasteiger partial charge in [-0.2, -0.15) is 5.10 Å². The quantitative estimate of drug-likeness (QED) is 0.795. The number of hydrazone groups is 1. The Morgan fingerprint density at radius 2 is 1.78 bits per heavy atom. The van der Waals surface area contributed by atoms with Crippen LogP contribution in [0.5, 0.6) is 0 Å². The highest BCUT2D eigenvalue weighted by molar-refractivity contribution is 7.13. The average Bonchev–Trinajstić information content (AvgIpc) is 3.09. The lowest BCUT2D eigenvalue weighted by Crippen LogP contribution is -2.46. The van der Waals surface area contributed by atoms with Crippen molar-refractivity contribution in [2.45, 2.75) is 38.5 Å². The van der Waals surface area contributed by atoms with Gasteiger partial charge in [-0.3, -0.25) is 4.79 Å². The van der Waals surface area contributed by atoms with E-state index in [1.54, 1.807) is 12.1 Å². The summed E-state index contributed by atoms with van der Waals surface area (Å²) in [6, 6.07) is 6.25. The molecule has 4 fully saturated rings. The standard InChI is InChI=1S/C21H22FN3OS/c22-17-3-1-14(2-4-17)21-23-18(11-27-21)10-19(26)24-25-20-15-6-12-5-13(8-15)9-16(20)7-12/h1-4,11-13,15-16H,5-10H2,(H,24,26). The summed E-state index contributed by atoms with van der Waals surface area (Å²) in [6.45, 7) is 0. The Morgan fingerprint density at radius 3 is 2.44 bits per heavy atom. The van der Waals surface area contributed by atoms with Crippen molar-refractivity contribution in [3.05, 3.63) is 41.2 Å². The molecule has 140 valence electrons. The molecule has 4 aliphatic rings. The summed E-state index contributed by atoms with van der Waals surface area (Å²) in [5, 5.41) is 7.22. The summed E-state index contributed by atoms with van der Waals surface area (Å²) < 4.78 is 13.0. The first kappa shape index (κ1) is 17.0. The zero-order valence-corrected chi connectivity index (χ0v) is 15.8. The van der Waals surface area contributed by atoms with Gasteiger partial charge in [-0.05, 0) is 80.0 Å². The number of hydrogen-bond donors (Lipinski definition) is 1. The summed E-state index contributed by atoms with van der Waals surface area (Å²) in [4.78, 5) is 16.8. The second kappa shape index (κ2) is 6.82. The van der Waals surface area contributed by atoms with Gasteiger partial charge in [-0.25, -0.2) is 14.8 Å². The molecule has 1 aromatic heterocycles. The summed E-state index contributed by atoms with van der Waals surface area (Å²) >= 11 is 1.47. The van der Waals surface area contributed by atoms with Crippen LogP contribution in [-0.4, -0.2) is 16.6 Å². The third kappa shape index (κ3) is 3.43. The zero-order valence-electron chi connectivity index (χ0n) is 15.0. The lowest BCUT2D eigenvalue weighted by molar-refractivity contribution is -0.120. The first-order valence-electron chi connectivity index (χ1n) is 9.70. The molecule has 0 atom stereocenters. The van der Waals surface area contributed by atoms with Crippen molar-refractivity contribution in [2.75, 3.05) is 0 Å². The fourth-order valence-electron chi connectivity index (χ4n) is 5.29. The smallest absolute Gasteiger partial charge is 0.246 e. The molecule has 1 aromatic carbocycles. The van der Waals surface area contributed by atoms with Crippen LogP contribution < -0.4 is 5.43 Å².